The molecule has 1 aliphatic rings. The lowest BCUT2D eigenvalue weighted by molar-refractivity contribution is -0.143. The van der Waals surface area contributed by atoms with Gasteiger partial charge in [0.2, 0.25) is 0 Å². The predicted molar refractivity (Wildman–Crippen MR) is 83.2 cm³/mol. The van der Waals surface area contributed by atoms with E-state index in [-0.39, 0.29) is 11.4 Å². The molecule has 2 unspecified atom stereocenters. The van der Waals surface area contributed by atoms with Gasteiger partial charge in [0.25, 0.3) is 0 Å². The number of carbonyl (C=O) groups is 2. The van der Waals surface area contributed by atoms with Crippen LogP contribution in [0.4, 0.5) is 4.79 Å². The molecule has 122 valence electrons. The van der Waals surface area contributed by atoms with Crippen molar-refractivity contribution in [3.63, 3.8) is 0 Å². The Balaban J connectivity index is 2.66. The van der Waals surface area contributed by atoms with Gasteiger partial charge >= 0.3 is 12.0 Å². The van der Waals surface area contributed by atoms with Gasteiger partial charge in [-0.15, -0.1) is 0 Å². The highest BCUT2D eigenvalue weighted by molar-refractivity contribution is 5.85. The first-order chi connectivity index (χ1) is 9.60. The van der Waals surface area contributed by atoms with E-state index >= 15 is 0 Å². The summed E-state index contributed by atoms with van der Waals surface area (Å²) < 4.78 is 0. The second-order valence-corrected chi connectivity index (χ2v) is 7.40. The van der Waals surface area contributed by atoms with E-state index in [1.54, 1.807) is 18.7 Å². The Morgan fingerprint density at radius 1 is 1.19 bits per heavy atom. The number of nitrogens with zero attached hydrogens (tertiary/aromatic N) is 1. The molecule has 5 heteroatoms. The molecule has 1 rings (SSSR count). The fourth-order valence-electron chi connectivity index (χ4n) is 2.77. The smallest absolute Gasteiger partial charge is 0.329 e. The van der Waals surface area contributed by atoms with Crippen molar-refractivity contribution >= 4 is 12.0 Å². The molecule has 0 aromatic rings. The molecule has 0 aromatic carbocycles. The molecule has 0 bridgehead atoms. The lowest BCUT2D eigenvalue weighted by Crippen LogP contribution is -2.55. The summed E-state index contributed by atoms with van der Waals surface area (Å²) in [6, 6.07) is -0.253. The van der Waals surface area contributed by atoms with Crippen LogP contribution < -0.4 is 5.32 Å². The van der Waals surface area contributed by atoms with Crippen molar-refractivity contribution in [1.29, 1.82) is 0 Å². The number of urea groups is 1. The number of nitrogens with one attached hydrogen (secondary N) is 1. The SMILES string of the molecule is CCC(C)(NC(=O)N1CCCC(C(C)(C)C)CC1)C(=O)O. The molecule has 0 aromatic heterocycles. The first kappa shape index (κ1) is 17.8. The highest BCUT2D eigenvalue weighted by Crippen LogP contribution is 2.34. The Kier molecular flexibility index (Phi) is 5.65. The maximum absolute atomic E-state index is 12.3. The normalized spacial score (nSPS) is 23.1. The summed E-state index contributed by atoms with van der Waals surface area (Å²) in [5, 5.41) is 11.9. The number of carbonyl (C=O) groups excluding carboxylic acids is 1. The van der Waals surface area contributed by atoms with Crippen molar-refractivity contribution in [3.8, 4) is 0 Å². The van der Waals surface area contributed by atoms with E-state index < -0.39 is 11.5 Å². The summed E-state index contributed by atoms with van der Waals surface area (Å²) in [6.07, 6.45) is 3.45. The molecule has 0 aliphatic carbocycles. The van der Waals surface area contributed by atoms with Crippen LogP contribution in [-0.4, -0.2) is 40.6 Å². The maximum Gasteiger partial charge on any atom is 0.329 e. The quantitative estimate of drug-likeness (QED) is 0.841. The van der Waals surface area contributed by atoms with E-state index in [0.717, 1.165) is 19.3 Å². The zero-order valence-corrected chi connectivity index (χ0v) is 14.0. The van der Waals surface area contributed by atoms with Crippen molar-refractivity contribution in [3.05, 3.63) is 0 Å². The lowest BCUT2D eigenvalue weighted by Gasteiger charge is -2.31. The maximum atomic E-state index is 12.3. The largest absolute Gasteiger partial charge is 0.480 e. The fraction of sp³-hybridized carbons (Fsp3) is 0.875. The molecule has 1 aliphatic heterocycles. The van der Waals surface area contributed by atoms with E-state index in [1.165, 1.54) is 0 Å². The number of hydrogen-bond donors (Lipinski definition) is 2. The van der Waals surface area contributed by atoms with Crippen LogP contribution in [0.5, 0.6) is 0 Å². The lowest BCUT2D eigenvalue weighted by atomic mass is 9.77. The van der Waals surface area contributed by atoms with Gasteiger partial charge in [-0.2, -0.15) is 0 Å². The van der Waals surface area contributed by atoms with E-state index in [2.05, 4.69) is 26.1 Å². The molecule has 0 radical (unpaired) electrons. The van der Waals surface area contributed by atoms with Gasteiger partial charge in [0.1, 0.15) is 5.54 Å². The van der Waals surface area contributed by atoms with Gasteiger partial charge < -0.3 is 15.3 Å². The summed E-state index contributed by atoms with van der Waals surface area (Å²) >= 11 is 0. The van der Waals surface area contributed by atoms with Crippen LogP contribution in [0, 0.1) is 11.3 Å². The van der Waals surface area contributed by atoms with E-state index in [0.29, 0.717) is 25.4 Å². The summed E-state index contributed by atoms with van der Waals surface area (Å²) in [6.45, 7) is 11.5. The average molecular weight is 298 g/mol. The van der Waals surface area contributed by atoms with Gasteiger partial charge in [0.15, 0.2) is 0 Å². The van der Waals surface area contributed by atoms with E-state index in [9.17, 15) is 14.7 Å². The summed E-state index contributed by atoms with van der Waals surface area (Å²) in [5.41, 5.74) is -0.932. The number of likely N-dealkylation sites (tertiary alicyclic amines) is 1. The Morgan fingerprint density at radius 3 is 2.29 bits per heavy atom. The molecular formula is C16H30N2O3. The second kappa shape index (κ2) is 6.67. The molecule has 0 saturated carbocycles. The number of hydrogen-bond acceptors (Lipinski definition) is 2. The summed E-state index contributed by atoms with van der Waals surface area (Å²) in [5.74, 6) is -0.381. The third-order valence-electron chi connectivity index (χ3n) is 4.80. The molecule has 1 heterocycles. The first-order valence-corrected chi connectivity index (χ1v) is 7.90. The Labute approximate surface area is 128 Å². The molecule has 5 nitrogen and oxygen atoms in total. The van der Waals surface area contributed by atoms with Crippen LogP contribution in [0.25, 0.3) is 0 Å². The Bertz CT molecular complexity index is 389. The number of carboxylic acids is 1. The van der Waals surface area contributed by atoms with E-state index in [4.69, 9.17) is 0 Å². The predicted octanol–water partition coefficient (Wildman–Crippen LogP) is 3.10. The number of carboxylic acid groups (broad SMARTS) is 1. The molecule has 2 atom stereocenters. The van der Waals surface area contributed by atoms with Crippen molar-refractivity contribution in [2.24, 2.45) is 11.3 Å². The molecule has 2 amide bonds. The van der Waals surface area contributed by atoms with Crippen LogP contribution in [0.2, 0.25) is 0 Å². The standard InChI is InChI=1S/C16H30N2O3/c1-6-16(5,13(19)20)17-14(21)18-10-7-8-12(9-11-18)15(2,3)4/h12H,6-11H2,1-5H3,(H,17,21)(H,19,20). The van der Waals surface area contributed by atoms with Crippen molar-refractivity contribution in [1.82, 2.24) is 10.2 Å². The zero-order chi connectivity index (χ0) is 16.3. The second-order valence-electron chi connectivity index (χ2n) is 7.40. The molecule has 2 N–H and O–H groups in total. The zero-order valence-electron chi connectivity index (χ0n) is 14.0. The topological polar surface area (TPSA) is 69.6 Å². The molecule has 1 fully saturated rings. The van der Waals surface area contributed by atoms with E-state index in [1.807, 2.05) is 0 Å². The van der Waals surface area contributed by atoms with Gasteiger partial charge in [0.05, 0.1) is 0 Å². The van der Waals surface area contributed by atoms with Crippen molar-refractivity contribution < 1.29 is 14.7 Å². The minimum absolute atomic E-state index is 0.253. The molecule has 1 saturated heterocycles. The minimum Gasteiger partial charge on any atom is -0.480 e. The van der Waals surface area contributed by atoms with Gasteiger partial charge in [0, 0.05) is 13.1 Å². The highest BCUT2D eigenvalue weighted by Gasteiger charge is 2.35. The van der Waals surface area contributed by atoms with Gasteiger partial charge in [-0.1, -0.05) is 27.7 Å². The Morgan fingerprint density at radius 2 is 1.81 bits per heavy atom. The van der Waals surface area contributed by atoms with Crippen molar-refractivity contribution in [2.45, 2.75) is 65.8 Å². The average Bonchev–Trinajstić information content (AvgIpc) is 2.63. The first-order valence-electron chi connectivity index (χ1n) is 7.90. The van der Waals surface area contributed by atoms with Crippen molar-refractivity contribution in [2.75, 3.05) is 13.1 Å². The summed E-state index contributed by atoms with van der Waals surface area (Å²) in [7, 11) is 0. The van der Waals surface area contributed by atoms with Gasteiger partial charge in [-0.3, -0.25) is 0 Å². The third-order valence-corrected chi connectivity index (χ3v) is 4.80. The minimum atomic E-state index is -1.19. The highest BCUT2D eigenvalue weighted by atomic mass is 16.4. The molecular weight excluding hydrogens is 268 g/mol. The van der Waals surface area contributed by atoms with Crippen LogP contribution in [0.15, 0.2) is 0 Å². The fourth-order valence-corrected chi connectivity index (χ4v) is 2.77. The van der Waals surface area contributed by atoms with Crippen LogP contribution in [0.3, 0.4) is 0 Å². The van der Waals surface area contributed by atoms with Crippen LogP contribution >= 0.6 is 0 Å². The number of rotatable bonds is 3. The third kappa shape index (κ3) is 4.61. The van der Waals surface area contributed by atoms with Crippen LogP contribution in [0.1, 0.15) is 60.3 Å². The Hall–Kier alpha value is -1.26. The molecule has 0 spiro atoms. The van der Waals surface area contributed by atoms with Crippen LogP contribution in [-0.2, 0) is 4.79 Å². The monoisotopic (exact) mass is 298 g/mol. The van der Waals surface area contributed by atoms with Gasteiger partial charge in [-0.25, -0.2) is 9.59 Å². The van der Waals surface area contributed by atoms with Gasteiger partial charge in [-0.05, 0) is 43.9 Å². The number of aliphatic carboxylic acids is 1. The summed E-state index contributed by atoms with van der Waals surface area (Å²) in [4.78, 5) is 25.4. The molecule has 21 heavy (non-hydrogen) atoms. The number of amides is 2.